The van der Waals surface area contributed by atoms with E-state index in [1.54, 1.807) is 6.92 Å². The second kappa shape index (κ2) is 5.80. The summed E-state index contributed by atoms with van der Waals surface area (Å²) in [6.45, 7) is 3.69. The molecule has 16 heavy (non-hydrogen) atoms. The summed E-state index contributed by atoms with van der Waals surface area (Å²) in [4.78, 5) is 10.5. The molecule has 0 aliphatic heterocycles. The fourth-order valence-corrected chi connectivity index (χ4v) is 2.57. The van der Waals surface area contributed by atoms with Crippen LogP contribution in [0.15, 0.2) is 24.3 Å². The van der Waals surface area contributed by atoms with E-state index in [2.05, 4.69) is 0 Å². The summed E-state index contributed by atoms with van der Waals surface area (Å²) in [5, 5.41) is 8.30. The lowest BCUT2D eigenvalue weighted by molar-refractivity contribution is -0.136. The van der Waals surface area contributed by atoms with Crippen LogP contribution in [-0.4, -0.2) is 20.5 Å². The Balaban J connectivity index is 2.60. The molecule has 0 spiro atoms. The largest absolute Gasteiger partial charge is 0.481 e. The molecule has 1 aromatic carbocycles. The lowest BCUT2D eigenvalue weighted by Crippen LogP contribution is -2.17. The summed E-state index contributed by atoms with van der Waals surface area (Å²) in [6, 6.07) is 7.79. The van der Waals surface area contributed by atoms with Crippen molar-refractivity contribution >= 4 is 16.8 Å². The molecule has 4 heteroatoms. The molecule has 0 saturated heterocycles. The third-order valence-electron chi connectivity index (χ3n) is 2.30. The maximum Gasteiger partial charge on any atom is 0.304 e. The van der Waals surface area contributed by atoms with E-state index in [0.29, 0.717) is 5.75 Å². The zero-order valence-corrected chi connectivity index (χ0v) is 10.3. The van der Waals surface area contributed by atoms with Gasteiger partial charge in [0.05, 0.1) is 6.42 Å². The lowest BCUT2D eigenvalue weighted by atomic mass is 10.2. The molecule has 0 aliphatic rings. The van der Waals surface area contributed by atoms with Gasteiger partial charge in [0.1, 0.15) is 0 Å². The Morgan fingerprint density at radius 2 is 2.19 bits per heavy atom. The van der Waals surface area contributed by atoms with Gasteiger partial charge in [0, 0.05) is 21.8 Å². The first kappa shape index (κ1) is 12.9. The van der Waals surface area contributed by atoms with Crippen molar-refractivity contribution in [2.24, 2.45) is 0 Å². The van der Waals surface area contributed by atoms with Crippen molar-refractivity contribution in [1.82, 2.24) is 0 Å². The molecular weight excluding hydrogens is 224 g/mol. The summed E-state index contributed by atoms with van der Waals surface area (Å²) in [7, 11) is -1.13. The molecule has 88 valence electrons. The molecule has 0 saturated carbocycles. The number of benzene rings is 1. The molecule has 0 fully saturated rings. The van der Waals surface area contributed by atoms with Crippen LogP contribution in [0.3, 0.4) is 0 Å². The van der Waals surface area contributed by atoms with Gasteiger partial charge in [-0.25, -0.2) is 0 Å². The molecule has 1 aromatic rings. The van der Waals surface area contributed by atoms with E-state index in [0.717, 1.165) is 11.1 Å². The normalized spacial score (nSPS) is 14.4. The number of aliphatic carboxylic acids is 1. The Kier molecular flexibility index (Phi) is 4.68. The van der Waals surface area contributed by atoms with Crippen molar-refractivity contribution in [3.8, 4) is 0 Å². The molecule has 0 radical (unpaired) electrons. The van der Waals surface area contributed by atoms with E-state index in [9.17, 15) is 9.00 Å². The second-order valence-electron chi connectivity index (χ2n) is 3.92. The number of aryl methyl sites for hydroxylation is 1. The summed E-state index contributed by atoms with van der Waals surface area (Å²) in [6.07, 6.45) is -0.0432. The quantitative estimate of drug-likeness (QED) is 0.857. The monoisotopic (exact) mass is 240 g/mol. The first-order valence-electron chi connectivity index (χ1n) is 5.13. The highest BCUT2D eigenvalue weighted by atomic mass is 32.2. The predicted octanol–water partition coefficient (Wildman–Crippen LogP) is 2.11. The SMILES string of the molecule is Cc1cccc(CS(=O)C(C)CC(=O)O)c1. The van der Waals surface area contributed by atoms with Crippen LogP contribution in [0.25, 0.3) is 0 Å². The Bertz CT molecular complexity index is 401. The number of carbonyl (C=O) groups is 1. The van der Waals surface area contributed by atoms with E-state index in [1.807, 2.05) is 31.2 Å². The highest BCUT2D eigenvalue weighted by molar-refractivity contribution is 7.84. The molecule has 0 heterocycles. The van der Waals surface area contributed by atoms with Crippen molar-refractivity contribution in [2.45, 2.75) is 31.3 Å². The fourth-order valence-electron chi connectivity index (χ4n) is 1.45. The number of hydrogen-bond acceptors (Lipinski definition) is 2. The average Bonchev–Trinajstić information content (AvgIpc) is 2.16. The van der Waals surface area contributed by atoms with E-state index in [1.165, 1.54) is 0 Å². The van der Waals surface area contributed by atoms with Gasteiger partial charge in [-0.15, -0.1) is 0 Å². The maximum atomic E-state index is 11.8. The summed E-state index contributed by atoms with van der Waals surface area (Å²) < 4.78 is 11.8. The predicted molar refractivity (Wildman–Crippen MR) is 64.7 cm³/mol. The maximum absolute atomic E-state index is 11.8. The standard InChI is InChI=1S/C12H16O3S/c1-9-4-3-5-11(6-9)8-16(15)10(2)7-12(13)14/h3-6,10H,7-8H2,1-2H3,(H,13,14). The van der Waals surface area contributed by atoms with Crippen LogP contribution < -0.4 is 0 Å². The molecule has 2 atom stereocenters. The molecule has 1 N–H and O–H groups in total. The fraction of sp³-hybridized carbons (Fsp3) is 0.417. The topological polar surface area (TPSA) is 54.4 Å². The summed E-state index contributed by atoms with van der Waals surface area (Å²) in [5.74, 6) is -0.471. The molecule has 1 rings (SSSR count). The highest BCUT2D eigenvalue weighted by Gasteiger charge is 2.15. The summed E-state index contributed by atoms with van der Waals surface area (Å²) >= 11 is 0. The minimum atomic E-state index is -1.13. The average molecular weight is 240 g/mol. The molecular formula is C12H16O3S. The van der Waals surface area contributed by atoms with Crippen LogP contribution in [0.5, 0.6) is 0 Å². The van der Waals surface area contributed by atoms with Gasteiger partial charge in [0.15, 0.2) is 0 Å². The molecule has 0 aromatic heterocycles. The van der Waals surface area contributed by atoms with Crippen LogP contribution in [0.2, 0.25) is 0 Å². The van der Waals surface area contributed by atoms with Crippen molar-refractivity contribution in [3.63, 3.8) is 0 Å². The van der Waals surface area contributed by atoms with Crippen LogP contribution in [-0.2, 0) is 21.3 Å². The zero-order valence-electron chi connectivity index (χ0n) is 9.47. The third kappa shape index (κ3) is 4.14. The third-order valence-corrected chi connectivity index (χ3v) is 3.98. The van der Waals surface area contributed by atoms with Gasteiger partial charge in [0.2, 0.25) is 0 Å². The minimum absolute atomic E-state index is 0.0432. The molecule has 3 nitrogen and oxygen atoms in total. The molecule has 0 amide bonds. The number of hydrogen-bond donors (Lipinski definition) is 1. The van der Waals surface area contributed by atoms with E-state index in [4.69, 9.17) is 5.11 Å². The van der Waals surface area contributed by atoms with Crippen LogP contribution in [0, 0.1) is 6.92 Å². The Morgan fingerprint density at radius 3 is 2.75 bits per heavy atom. The van der Waals surface area contributed by atoms with Gasteiger partial charge >= 0.3 is 5.97 Å². The van der Waals surface area contributed by atoms with E-state index >= 15 is 0 Å². The van der Waals surface area contributed by atoms with Crippen molar-refractivity contribution < 1.29 is 14.1 Å². The van der Waals surface area contributed by atoms with Gasteiger partial charge < -0.3 is 5.11 Å². The van der Waals surface area contributed by atoms with E-state index in [-0.39, 0.29) is 11.7 Å². The molecule has 0 bridgehead atoms. The van der Waals surface area contributed by atoms with Crippen LogP contribution in [0.4, 0.5) is 0 Å². The second-order valence-corrected chi connectivity index (χ2v) is 5.78. The van der Waals surface area contributed by atoms with Gasteiger partial charge in [-0.2, -0.15) is 0 Å². The highest BCUT2D eigenvalue weighted by Crippen LogP contribution is 2.11. The minimum Gasteiger partial charge on any atom is -0.481 e. The number of carboxylic acid groups (broad SMARTS) is 1. The van der Waals surface area contributed by atoms with Gasteiger partial charge in [-0.1, -0.05) is 36.8 Å². The summed E-state index contributed by atoms with van der Waals surface area (Å²) in [5.41, 5.74) is 2.12. The Labute approximate surface area is 98.0 Å². The van der Waals surface area contributed by atoms with Gasteiger partial charge in [-0.05, 0) is 12.5 Å². The first-order valence-corrected chi connectivity index (χ1v) is 6.51. The smallest absolute Gasteiger partial charge is 0.304 e. The Morgan fingerprint density at radius 1 is 1.50 bits per heavy atom. The van der Waals surface area contributed by atoms with Crippen molar-refractivity contribution in [3.05, 3.63) is 35.4 Å². The Hall–Kier alpha value is -1.16. The molecule has 2 unspecified atom stereocenters. The van der Waals surface area contributed by atoms with Crippen LogP contribution in [0.1, 0.15) is 24.5 Å². The number of carboxylic acids is 1. The number of rotatable bonds is 5. The molecule has 0 aliphatic carbocycles. The lowest BCUT2D eigenvalue weighted by Gasteiger charge is -2.09. The van der Waals surface area contributed by atoms with Gasteiger partial charge in [0.25, 0.3) is 0 Å². The van der Waals surface area contributed by atoms with Crippen LogP contribution >= 0.6 is 0 Å². The first-order chi connectivity index (χ1) is 7.49. The zero-order chi connectivity index (χ0) is 12.1. The van der Waals surface area contributed by atoms with Crippen molar-refractivity contribution in [2.75, 3.05) is 0 Å². The van der Waals surface area contributed by atoms with E-state index < -0.39 is 16.8 Å². The van der Waals surface area contributed by atoms with Crippen molar-refractivity contribution in [1.29, 1.82) is 0 Å². The van der Waals surface area contributed by atoms with Gasteiger partial charge in [-0.3, -0.25) is 9.00 Å².